The second-order valence-corrected chi connectivity index (χ2v) is 5.30. The lowest BCUT2D eigenvalue weighted by molar-refractivity contribution is -0.183. The molecule has 0 saturated heterocycles. The molecule has 0 unspecified atom stereocenters. The zero-order valence-electron chi connectivity index (χ0n) is 11.8. The molecule has 0 atom stereocenters. The van der Waals surface area contributed by atoms with Crippen molar-refractivity contribution in [2.75, 3.05) is 6.61 Å². The predicted octanol–water partition coefficient (Wildman–Crippen LogP) is 4.03. The number of carbonyl (C=O) groups is 1. The van der Waals surface area contributed by atoms with E-state index in [-0.39, 0.29) is 37.4 Å². The molecule has 3 nitrogen and oxygen atoms in total. The van der Waals surface area contributed by atoms with E-state index in [0.717, 1.165) is 0 Å². The maximum absolute atomic E-state index is 12.6. The van der Waals surface area contributed by atoms with Crippen molar-refractivity contribution in [3.05, 3.63) is 24.0 Å². The topological polar surface area (TPSA) is 39.2 Å². The number of rotatable bonds is 4. The number of Topliss-reactive ketones (excluding diaryl/α,β-unsaturated/α-hetero) is 1. The maximum atomic E-state index is 12.6. The van der Waals surface area contributed by atoms with Gasteiger partial charge in [-0.3, -0.25) is 9.78 Å². The van der Waals surface area contributed by atoms with Gasteiger partial charge in [-0.15, -0.1) is 0 Å². The Morgan fingerprint density at radius 2 is 1.95 bits per heavy atom. The van der Waals surface area contributed by atoms with Gasteiger partial charge in [-0.05, 0) is 38.7 Å². The summed E-state index contributed by atoms with van der Waals surface area (Å²) in [4.78, 5) is 16.3. The van der Waals surface area contributed by atoms with Crippen LogP contribution in [0.5, 0.6) is 5.75 Å². The third-order valence-electron chi connectivity index (χ3n) is 3.87. The van der Waals surface area contributed by atoms with Gasteiger partial charge in [0.15, 0.2) is 5.78 Å². The first-order valence-corrected chi connectivity index (χ1v) is 7.10. The summed E-state index contributed by atoms with van der Waals surface area (Å²) in [6.45, 7) is 2.29. The molecule has 0 radical (unpaired) electrons. The van der Waals surface area contributed by atoms with Crippen LogP contribution in [-0.4, -0.2) is 23.6 Å². The fourth-order valence-electron chi connectivity index (χ4n) is 2.72. The Labute approximate surface area is 121 Å². The van der Waals surface area contributed by atoms with E-state index in [1.54, 1.807) is 6.07 Å². The second-order valence-electron chi connectivity index (χ2n) is 5.30. The molecule has 1 saturated carbocycles. The molecule has 1 fully saturated rings. The summed E-state index contributed by atoms with van der Waals surface area (Å²) in [5, 5.41) is 0. The van der Waals surface area contributed by atoms with E-state index in [1.165, 1.54) is 12.4 Å². The standard InChI is InChI=1S/C15H18F3NO2/c1-2-21-13-7-11(8-19-9-13)14(20)10-3-5-12(6-4-10)15(16,17)18/h7-10,12H,2-6H2,1H3. The minimum absolute atomic E-state index is 0.0263. The lowest BCUT2D eigenvalue weighted by Crippen LogP contribution is -2.30. The fourth-order valence-corrected chi connectivity index (χ4v) is 2.72. The number of aromatic nitrogens is 1. The van der Waals surface area contributed by atoms with Gasteiger partial charge < -0.3 is 4.74 Å². The van der Waals surface area contributed by atoms with Crippen LogP contribution >= 0.6 is 0 Å². The van der Waals surface area contributed by atoms with Gasteiger partial charge in [-0.2, -0.15) is 13.2 Å². The third kappa shape index (κ3) is 3.95. The molecule has 2 rings (SSSR count). The predicted molar refractivity (Wildman–Crippen MR) is 71.2 cm³/mol. The van der Waals surface area contributed by atoms with Gasteiger partial charge in [0.05, 0.1) is 18.7 Å². The highest BCUT2D eigenvalue weighted by Gasteiger charge is 2.42. The summed E-state index contributed by atoms with van der Waals surface area (Å²) in [6, 6.07) is 1.61. The molecule has 1 aromatic heterocycles. The van der Waals surface area contributed by atoms with E-state index in [0.29, 0.717) is 17.9 Å². The van der Waals surface area contributed by atoms with Gasteiger partial charge in [0.25, 0.3) is 0 Å². The quantitative estimate of drug-likeness (QED) is 0.788. The van der Waals surface area contributed by atoms with Crippen molar-refractivity contribution in [1.82, 2.24) is 4.98 Å². The number of hydrogen-bond acceptors (Lipinski definition) is 3. The van der Waals surface area contributed by atoms with Crippen molar-refractivity contribution in [2.45, 2.75) is 38.8 Å². The van der Waals surface area contributed by atoms with E-state index >= 15 is 0 Å². The number of carbonyl (C=O) groups excluding carboxylic acids is 1. The van der Waals surface area contributed by atoms with Crippen LogP contribution in [-0.2, 0) is 0 Å². The minimum atomic E-state index is -4.15. The van der Waals surface area contributed by atoms with Crippen LogP contribution in [0.1, 0.15) is 43.0 Å². The zero-order valence-corrected chi connectivity index (χ0v) is 11.8. The van der Waals surface area contributed by atoms with Gasteiger partial charge in [-0.1, -0.05) is 0 Å². The second kappa shape index (κ2) is 6.45. The Balaban J connectivity index is 2.00. The molecular weight excluding hydrogens is 283 g/mol. The Kier molecular flexibility index (Phi) is 4.85. The normalized spacial score (nSPS) is 22.9. The van der Waals surface area contributed by atoms with Crippen LogP contribution in [0.2, 0.25) is 0 Å². The van der Waals surface area contributed by atoms with Crippen LogP contribution in [0.15, 0.2) is 18.5 Å². The monoisotopic (exact) mass is 301 g/mol. The average molecular weight is 301 g/mol. The summed E-state index contributed by atoms with van der Waals surface area (Å²) in [5.41, 5.74) is 0.413. The van der Waals surface area contributed by atoms with Crippen LogP contribution in [0, 0.1) is 11.8 Å². The summed E-state index contributed by atoms with van der Waals surface area (Å²) >= 11 is 0. The molecule has 6 heteroatoms. The maximum Gasteiger partial charge on any atom is 0.391 e. The zero-order chi connectivity index (χ0) is 15.5. The number of ether oxygens (including phenoxy) is 1. The van der Waals surface area contributed by atoms with Gasteiger partial charge in [0.1, 0.15) is 5.75 Å². The molecule has 0 aliphatic heterocycles. The Hall–Kier alpha value is -1.59. The minimum Gasteiger partial charge on any atom is -0.492 e. The smallest absolute Gasteiger partial charge is 0.391 e. The van der Waals surface area contributed by atoms with Crippen molar-refractivity contribution in [3.63, 3.8) is 0 Å². The van der Waals surface area contributed by atoms with Crippen LogP contribution in [0.4, 0.5) is 13.2 Å². The largest absolute Gasteiger partial charge is 0.492 e. The van der Waals surface area contributed by atoms with Crippen LogP contribution in [0.25, 0.3) is 0 Å². The number of halogens is 3. The number of ketones is 1. The van der Waals surface area contributed by atoms with Crippen LogP contribution in [0.3, 0.4) is 0 Å². The highest BCUT2D eigenvalue weighted by molar-refractivity contribution is 5.97. The van der Waals surface area contributed by atoms with Crippen molar-refractivity contribution in [2.24, 2.45) is 11.8 Å². The van der Waals surface area contributed by atoms with Crippen molar-refractivity contribution >= 4 is 5.78 Å². The number of pyridine rings is 1. The number of alkyl halides is 3. The summed E-state index contributed by atoms with van der Waals surface area (Å²) in [7, 11) is 0. The first-order valence-electron chi connectivity index (χ1n) is 7.10. The Bertz CT molecular complexity index is 494. The fraction of sp³-hybridized carbons (Fsp3) is 0.600. The molecule has 1 aliphatic rings. The van der Waals surface area contributed by atoms with Gasteiger partial charge in [0, 0.05) is 17.7 Å². The van der Waals surface area contributed by atoms with E-state index in [1.807, 2.05) is 6.92 Å². The summed E-state index contributed by atoms with van der Waals surface area (Å²) < 4.78 is 43.1. The Morgan fingerprint density at radius 3 is 2.52 bits per heavy atom. The SMILES string of the molecule is CCOc1cncc(C(=O)C2CCC(C(F)(F)F)CC2)c1. The first kappa shape index (κ1) is 15.8. The van der Waals surface area contributed by atoms with Gasteiger partial charge in [-0.25, -0.2) is 0 Å². The van der Waals surface area contributed by atoms with E-state index in [9.17, 15) is 18.0 Å². The van der Waals surface area contributed by atoms with Crippen molar-refractivity contribution in [1.29, 1.82) is 0 Å². The lowest BCUT2D eigenvalue weighted by Gasteiger charge is -2.29. The molecule has 0 aromatic carbocycles. The average Bonchev–Trinajstić information content (AvgIpc) is 2.46. The lowest BCUT2D eigenvalue weighted by atomic mass is 9.78. The number of hydrogen-bond donors (Lipinski definition) is 0. The van der Waals surface area contributed by atoms with E-state index in [2.05, 4.69) is 4.98 Å². The molecular formula is C15H18F3NO2. The van der Waals surface area contributed by atoms with Gasteiger partial charge in [0.2, 0.25) is 0 Å². The molecule has 0 spiro atoms. The first-order chi connectivity index (χ1) is 9.91. The highest BCUT2D eigenvalue weighted by atomic mass is 19.4. The molecule has 0 amide bonds. The summed E-state index contributed by atoms with van der Waals surface area (Å²) in [5.74, 6) is -1.24. The molecule has 0 N–H and O–H groups in total. The van der Waals surface area contributed by atoms with E-state index in [4.69, 9.17) is 4.74 Å². The van der Waals surface area contributed by atoms with E-state index < -0.39 is 12.1 Å². The van der Waals surface area contributed by atoms with Crippen LogP contribution < -0.4 is 4.74 Å². The summed E-state index contributed by atoms with van der Waals surface area (Å²) in [6.07, 6.45) is -0.577. The van der Waals surface area contributed by atoms with Crippen molar-refractivity contribution < 1.29 is 22.7 Å². The molecule has 0 bridgehead atoms. The molecule has 1 aliphatic carbocycles. The molecule has 21 heavy (non-hydrogen) atoms. The molecule has 116 valence electrons. The van der Waals surface area contributed by atoms with Gasteiger partial charge >= 0.3 is 6.18 Å². The molecule has 1 aromatic rings. The Morgan fingerprint density at radius 1 is 1.29 bits per heavy atom. The number of nitrogens with zero attached hydrogens (tertiary/aromatic N) is 1. The highest BCUT2D eigenvalue weighted by Crippen LogP contribution is 2.40. The molecule has 1 heterocycles. The third-order valence-corrected chi connectivity index (χ3v) is 3.87. The van der Waals surface area contributed by atoms with Crippen molar-refractivity contribution in [3.8, 4) is 5.75 Å².